The fraction of sp³-hybridized carbons (Fsp3) is 0.953. The molecule has 0 aliphatic heterocycles. The predicted molar refractivity (Wildman–Crippen MR) is 432 cm³/mol. The first-order chi connectivity index (χ1) is 50.9. The number of hydrogen-bond acceptors (Lipinski definition) is 15. The van der Waals surface area contributed by atoms with E-state index in [1.54, 1.807) is 0 Å². The molecule has 0 aliphatic carbocycles. The van der Waals surface area contributed by atoms with Gasteiger partial charge in [0.05, 0.1) is 26.4 Å². The zero-order chi connectivity index (χ0) is 77.1. The molecule has 19 heteroatoms. The van der Waals surface area contributed by atoms with Gasteiger partial charge < -0.3 is 33.8 Å². The molecule has 0 aromatic heterocycles. The molecule has 0 aliphatic rings. The van der Waals surface area contributed by atoms with Crippen molar-refractivity contribution in [1.82, 2.24) is 0 Å². The van der Waals surface area contributed by atoms with Crippen LogP contribution in [-0.4, -0.2) is 96.7 Å². The highest BCUT2D eigenvalue weighted by Crippen LogP contribution is 2.45. The molecular formula is C86H168O17P2. The highest BCUT2D eigenvalue weighted by atomic mass is 31.2. The molecule has 0 aromatic carbocycles. The van der Waals surface area contributed by atoms with E-state index in [2.05, 4.69) is 41.5 Å². The van der Waals surface area contributed by atoms with E-state index in [-0.39, 0.29) is 25.7 Å². The molecular weight excluding hydrogens is 1370 g/mol. The summed E-state index contributed by atoms with van der Waals surface area (Å²) in [5.74, 6) is -0.534. The van der Waals surface area contributed by atoms with Crippen molar-refractivity contribution in [2.75, 3.05) is 39.6 Å². The molecule has 17 nitrogen and oxygen atoms in total. The number of phosphoric ester groups is 2. The van der Waals surface area contributed by atoms with E-state index in [1.165, 1.54) is 276 Å². The van der Waals surface area contributed by atoms with Crippen molar-refractivity contribution in [3.05, 3.63) is 0 Å². The zero-order valence-corrected chi connectivity index (χ0v) is 70.8. The quantitative estimate of drug-likeness (QED) is 0.0222. The van der Waals surface area contributed by atoms with E-state index >= 15 is 0 Å². The van der Waals surface area contributed by atoms with Crippen molar-refractivity contribution in [2.45, 2.75) is 477 Å². The summed E-state index contributed by atoms with van der Waals surface area (Å²) in [4.78, 5) is 73.2. The number of phosphoric acid groups is 2. The van der Waals surface area contributed by atoms with Crippen molar-refractivity contribution in [3.63, 3.8) is 0 Å². The normalized spacial score (nSPS) is 13.8. The number of carbonyl (C=O) groups excluding carboxylic acids is 4. The molecule has 5 atom stereocenters. The smallest absolute Gasteiger partial charge is 0.462 e. The highest BCUT2D eigenvalue weighted by molar-refractivity contribution is 7.47. The number of aliphatic hydroxyl groups excluding tert-OH is 1. The van der Waals surface area contributed by atoms with E-state index in [0.29, 0.717) is 25.7 Å². The standard InChI is InChI=1S/C86H168O17P2/c1-7-9-11-13-15-17-19-21-22-23-24-25-26-27-28-29-32-40-46-52-58-64-70-85(90)102-82(75-97-84(89)69-63-57-51-45-39-33-30-31-36-42-48-54-60-66-78(3)4)77-101-105(94,95)99-73-80(87)72-98-104(92,93)100-76-81(74-96-83(88)68-62-56-50-44-38-20-18-16-14-12-10-8-2)103-86(91)71-65-59-53-47-41-35-34-37-43-49-55-61-67-79(5)6/h78-82,87H,7-77H2,1-6H3,(H,92,93)(H,94,95)/t80-,81+,82+/m0/s1. The maximum absolute atomic E-state index is 13.1. The summed E-state index contributed by atoms with van der Waals surface area (Å²) in [5, 5.41) is 10.7. The van der Waals surface area contributed by atoms with Gasteiger partial charge in [0, 0.05) is 25.7 Å². The minimum atomic E-state index is -4.97. The zero-order valence-electron chi connectivity index (χ0n) is 69.0. The summed E-state index contributed by atoms with van der Waals surface area (Å²) in [6, 6.07) is 0. The van der Waals surface area contributed by atoms with Gasteiger partial charge in [-0.05, 0) is 37.5 Å². The molecule has 0 saturated heterocycles. The Balaban J connectivity index is 5.24. The topological polar surface area (TPSA) is 237 Å². The highest BCUT2D eigenvalue weighted by Gasteiger charge is 2.30. The third-order valence-electron chi connectivity index (χ3n) is 20.2. The van der Waals surface area contributed by atoms with Crippen molar-refractivity contribution >= 4 is 39.5 Å². The molecule has 0 amide bonds. The third-order valence-corrected chi connectivity index (χ3v) is 22.1. The summed E-state index contributed by atoms with van der Waals surface area (Å²) in [6.07, 6.45) is 69.4. The molecule has 0 spiro atoms. The molecule has 0 rings (SSSR count). The number of aliphatic hydroxyl groups is 1. The molecule has 3 N–H and O–H groups in total. The molecule has 0 heterocycles. The number of carbonyl (C=O) groups is 4. The van der Waals surface area contributed by atoms with E-state index < -0.39 is 97.5 Å². The van der Waals surface area contributed by atoms with Gasteiger partial charge in [-0.3, -0.25) is 37.3 Å². The second-order valence-corrected chi connectivity index (χ2v) is 34.8. The fourth-order valence-corrected chi connectivity index (χ4v) is 15.0. The summed E-state index contributed by atoms with van der Waals surface area (Å²) in [7, 11) is -9.93. The van der Waals surface area contributed by atoms with Crippen LogP contribution in [-0.2, 0) is 65.4 Å². The summed E-state index contributed by atoms with van der Waals surface area (Å²) in [6.45, 7) is 9.70. The maximum Gasteiger partial charge on any atom is 0.472 e. The minimum Gasteiger partial charge on any atom is -0.462 e. The lowest BCUT2D eigenvalue weighted by molar-refractivity contribution is -0.161. The summed E-state index contributed by atoms with van der Waals surface area (Å²) >= 11 is 0. The Hall–Kier alpha value is -1.94. The molecule has 0 bridgehead atoms. The SMILES string of the molecule is CCCCCCCCCCCCCCCCCCCCCCCCC(=O)O[C@H](COC(=O)CCCCCCCCCCCCCCCC(C)C)COP(=O)(O)OC[C@@H](O)COP(=O)(O)OC[C@@H](COC(=O)CCCCCCCCCCCCCC)OC(=O)CCCCCCCCCCCCCCC(C)C. The van der Waals surface area contributed by atoms with Crippen molar-refractivity contribution in [2.24, 2.45) is 11.8 Å². The first-order valence-corrected chi connectivity index (χ1v) is 47.5. The van der Waals surface area contributed by atoms with Gasteiger partial charge in [0.2, 0.25) is 0 Å². The lowest BCUT2D eigenvalue weighted by Gasteiger charge is -2.21. The van der Waals surface area contributed by atoms with Gasteiger partial charge in [0.1, 0.15) is 19.3 Å². The van der Waals surface area contributed by atoms with Crippen LogP contribution in [0.3, 0.4) is 0 Å². The lowest BCUT2D eigenvalue weighted by Crippen LogP contribution is -2.30. The van der Waals surface area contributed by atoms with Gasteiger partial charge in [0.25, 0.3) is 0 Å². The number of rotatable bonds is 85. The molecule has 0 radical (unpaired) electrons. The minimum absolute atomic E-state index is 0.107. The van der Waals surface area contributed by atoms with Crippen molar-refractivity contribution < 1.29 is 80.2 Å². The Bertz CT molecular complexity index is 2010. The molecule has 624 valence electrons. The molecule has 2 unspecified atom stereocenters. The molecule has 0 fully saturated rings. The van der Waals surface area contributed by atoms with Crippen molar-refractivity contribution in [1.29, 1.82) is 0 Å². The second-order valence-electron chi connectivity index (χ2n) is 31.9. The van der Waals surface area contributed by atoms with Gasteiger partial charge in [-0.15, -0.1) is 0 Å². The number of ether oxygens (including phenoxy) is 4. The molecule has 0 aromatic rings. The Morgan fingerprint density at radius 2 is 0.438 bits per heavy atom. The predicted octanol–water partition coefficient (Wildman–Crippen LogP) is 26.2. The average Bonchev–Trinajstić information content (AvgIpc) is 0.956. The number of hydrogen-bond donors (Lipinski definition) is 3. The van der Waals surface area contributed by atoms with Crippen LogP contribution in [0, 0.1) is 11.8 Å². The van der Waals surface area contributed by atoms with E-state index in [9.17, 15) is 43.2 Å². The lowest BCUT2D eigenvalue weighted by atomic mass is 10.0. The third kappa shape index (κ3) is 79.9. The second kappa shape index (κ2) is 77.4. The van der Waals surface area contributed by atoms with Crippen molar-refractivity contribution in [3.8, 4) is 0 Å². The maximum atomic E-state index is 13.1. The van der Waals surface area contributed by atoms with E-state index in [1.807, 2.05) is 0 Å². The van der Waals surface area contributed by atoms with Gasteiger partial charge in [-0.25, -0.2) is 9.13 Å². The van der Waals surface area contributed by atoms with Crippen LogP contribution in [0.15, 0.2) is 0 Å². The van der Waals surface area contributed by atoms with Crippen LogP contribution in [0.5, 0.6) is 0 Å². The molecule has 0 saturated carbocycles. The summed E-state index contributed by atoms with van der Waals surface area (Å²) in [5.41, 5.74) is 0. The van der Waals surface area contributed by atoms with E-state index in [0.717, 1.165) is 102 Å². The van der Waals surface area contributed by atoms with Gasteiger partial charge in [-0.2, -0.15) is 0 Å². The van der Waals surface area contributed by atoms with Crippen LogP contribution in [0.1, 0.15) is 459 Å². The Labute approximate surface area is 645 Å². The molecule has 105 heavy (non-hydrogen) atoms. The monoisotopic (exact) mass is 1540 g/mol. The van der Waals surface area contributed by atoms with Crippen LogP contribution in [0.25, 0.3) is 0 Å². The first-order valence-electron chi connectivity index (χ1n) is 44.5. The average molecular weight is 1540 g/mol. The van der Waals surface area contributed by atoms with Gasteiger partial charge >= 0.3 is 39.5 Å². The number of unbranched alkanes of at least 4 members (excludes halogenated alkanes) is 55. The van der Waals surface area contributed by atoms with Crippen LogP contribution in [0.2, 0.25) is 0 Å². The Morgan fingerprint density at radius 3 is 0.648 bits per heavy atom. The van der Waals surface area contributed by atoms with E-state index in [4.69, 9.17) is 37.0 Å². The largest absolute Gasteiger partial charge is 0.472 e. The summed E-state index contributed by atoms with van der Waals surface area (Å²) < 4.78 is 68.9. The van der Waals surface area contributed by atoms with Crippen LogP contribution in [0.4, 0.5) is 0 Å². The Morgan fingerprint density at radius 1 is 0.257 bits per heavy atom. The first kappa shape index (κ1) is 103. The van der Waals surface area contributed by atoms with Gasteiger partial charge in [0.15, 0.2) is 12.2 Å². The Kier molecular flexibility index (Phi) is 76.0. The fourth-order valence-electron chi connectivity index (χ4n) is 13.4. The van der Waals surface area contributed by atoms with Gasteiger partial charge in [-0.1, -0.05) is 408 Å². The van der Waals surface area contributed by atoms with Crippen LogP contribution < -0.4 is 0 Å². The number of esters is 4. The van der Waals surface area contributed by atoms with Crippen LogP contribution >= 0.6 is 15.6 Å².